The van der Waals surface area contributed by atoms with Gasteiger partial charge < -0.3 is 10.0 Å². The van der Waals surface area contributed by atoms with E-state index in [1.807, 2.05) is 0 Å². The van der Waals surface area contributed by atoms with Crippen LogP contribution in [0.5, 0.6) is 0 Å². The van der Waals surface area contributed by atoms with Gasteiger partial charge in [0.25, 0.3) is 0 Å². The van der Waals surface area contributed by atoms with Crippen LogP contribution >= 0.6 is 0 Å². The van der Waals surface area contributed by atoms with Gasteiger partial charge in [0.1, 0.15) is 6.04 Å². The molecule has 0 saturated heterocycles. The van der Waals surface area contributed by atoms with Crippen LogP contribution in [0, 0.1) is 0 Å². The van der Waals surface area contributed by atoms with Gasteiger partial charge in [0.2, 0.25) is 0 Å². The number of carboxylic acids is 1. The first kappa shape index (κ1) is 11.3. The van der Waals surface area contributed by atoms with Crippen molar-refractivity contribution in [2.45, 2.75) is 13.0 Å². The van der Waals surface area contributed by atoms with Crippen LogP contribution in [0.3, 0.4) is 0 Å². The molecule has 0 bridgehead atoms. The summed E-state index contributed by atoms with van der Waals surface area (Å²) in [4.78, 5) is 20.9. The summed E-state index contributed by atoms with van der Waals surface area (Å²) in [6.07, 6.45) is 5.03. The van der Waals surface area contributed by atoms with Crippen molar-refractivity contribution in [2.24, 2.45) is 0 Å². The lowest BCUT2D eigenvalue weighted by atomic mass is 10.2. The lowest BCUT2D eigenvalue weighted by Crippen LogP contribution is -2.35. The molecule has 1 N–H and O–H groups in total. The molecule has 0 amide bonds. The summed E-state index contributed by atoms with van der Waals surface area (Å²) in [5.74, 6) is -0.860. The second-order valence-corrected chi connectivity index (χ2v) is 3.85. The van der Waals surface area contributed by atoms with Crippen molar-refractivity contribution >= 4 is 22.6 Å². The fourth-order valence-electron chi connectivity index (χ4n) is 1.66. The molecule has 0 saturated carbocycles. The molecule has 2 aromatic rings. The van der Waals surface area contributed by atoms with Crippen LogP contribution in [0.25, 0.3) is 10.9 Å². The van der Waals surface area contributed by atoms with Gasteiger partial charge in [-0.3, -0.25) is 9.97 Å². The van der Waals surface area contributed by atoms with E-state index in [1.165, 1.54) is 0 Å². The molecule has 0 aliphatic rings. The number of aromatic nitrogens is 2. The van der Waals surface area contributed by atoms with Crippen molar-refractivity contribution in [3.63, 3.8) is 0 Å². The topological polar surface area (TPSA) is 66.3 Å². The van der Waals surface area contributed by atoms with E-state index >= 15 is 0 Å². The molecule has 0 aromatic carbocycles. The summed E-state index contributed by atoms with van der Waals surface area (Å²) >= 11 is 0. The van der Waals surface area contributed by atoms with E-state index in [1.54, 1.807) is 49.6 Å². The molecule has 2 heterocycles. The third kappa shape index (κ3) is 2.04. The summed E-state index contributed by atoms with van der Waals surface area (Å²) in [5.41, 5.74) is 1.62. The maximum absolute atomic E-state index is 11.0. The van der Waals surface area contributed by atoms with E-state index in [9.17, 15) is 4.79 Å². The third-order valence-corrected chi connectivity index (χ3v) is 2.84. The highest BCUT2D eigenvalue weighted by Gasteiger charge is 2.18. The number of likely N-dealkylation sites (N-methyl/N-ethyl adjacent to an activating group) is 1. The van der Waals surface area contributed by atoms with Crippen LogP contribution in [-0.4, -0.2) is 34.1 Å². The first-order valence-electron chi connectivity index (χ1n) is 5.25. The highest BCUT2D eigenvalue weighted by Crippen LogP contribution is 2.24. The Balaban J connectivity index is 2.52. The summed E-state index contributed by atoms with van der Waals surface area (Å²) in [6.45, 7) is 1.64. The predicted octanol–water partition coefficient (Wildman–Crippen LogP) is 1.54. The van der Waals surface area contributed by atoms with Crippen molar-refractivity contribution < 1.29 is 9.90 Å². The number of hydrogen-bond donors (Lipinski definition) is 1. The molecule has 0 spiro atoms. The molecule has 5 heteroatoms. The zero-order valence-corrected chi connectivity index (χ0v) is 9.66. The van der Waals surface area contributed by atoms with Gasteiger partial charge in [-0.1, -0.05) is 0 Å². The molecular weight excluding hydrogens is 218 g/mol. The molecule has 0 fully saturated rings. The fraction of sp³-hybridized carbons (Fsp3) is 0.250. The normalized spacial score (nSPS) is 12.4. The van der Waals surface area contributed by atoms with Crippen molar-refractivity contribution in [1.82, 2.24) is 9.97 Å². The zero-order chi connectivity index (χ0) is 12.4. The third-order valence-electron chi connectivity index (χ3n) is 2.84. The van der Waals surface area contributed by atoms with E-state index in [0.717, 1.165) is 16.6 Å². The van der Waals surface area contributed by atoms with Crippen molar-refractivity contribution in [2.75, 3.05) is 11.9 Å². The van der Waals surface area contributed by atoms with E-state index in [0.29, 0.717) is 0 Å². The van der Waals surface area contributed by atoms with Crippen molar-refractivity contribution in [3.05, 3.63) is 30.7 Å². The van der Waals surface area contributed by atoms with E-state index < -0.39 is 12.0 Å². The molecule has 1 atom stereocenters. The van der Waals surface area contributed by atoms with Crippen molar-refractivity contribution in [3.8, 4) is 0 Å². The number of rotatable bonds is 3. The van der Waals surface area contributed by atoms with Gasteiger partial charge in [0, 0.05) is 36.7 Å². The number of hydrogen-bond acceptors (Lipinski definition) is 4. The van der Waals surface area contributed by atoms with Gasteiger partial charge in [-0.25, -0.2) is 4.79 Å². The molecule has 0 aliphatic heterocycles. The second-order valence-electron chi connectivity index (χ2n) is 3.85. The van der Waals surface area contributed by atoms with Crippen LogP contribution in [0.15, 0.2) is 30.7 Å². The quantitative estimate of drug-likeness (QED) is 0.867. The summed E-state index contributed by atoms with van der Waals surface area (Å²) in [7, 11) is 1.75. The maximum atomic E-state index is 11.0. The smallest absolute Gasteiger partial charge is 0.326 e. The first-order chi connectivity index (χ1) is 8.11. The minimum Gasteiger partial charge on any atom is -0.480 e. The lowest BCUT2D eigenvalue weighted by molar-refractivity contribution is -0.138. The Labute approximate surface area is 98.7 Å². The lowest BCUT2D eigenvalue weighted by Gasteiger charge is -2.24. The molecule has 0 radical (unpaired) electrons. The number of pyridine rings is 2. The van der Waals surface area contributed by atoms with Crippen LogP contribution in [0.2, 0.25) is 0 Å². The second kappa shape index (κ2) is 4.37. The van der Waals surface area contributed by atoms with Gasteiger partial charge in [-0.05, 0) is 19.1 Å². The average molecular weight is 231 g/mol. The molecule has 88 valence electrons. The Morgan fingerprint density at radius 2 is 2.18 bits per heavy atom. The van der Waals surface area contributed by atoms with Crippen molar-refractivity contribution in [1.29, 1.82) is 0 Å². The van der Waals surface area contributed by atoms with Crippen LogP contribution in [-0.2, 0) is 4.79 Å². The van der Waals surface area contributed by atoms with Gasteiger partial charge in [0.05, 0.1) is 5.52 Å². The zero-order valence-electron chi connectivity index (χ0n) is 9.66. The van der Waals surface area contributed by atoms with E-state index in [2.05, 4.69) is 9.97 Å². The van der Waals surface area contributed by atoms with Crippen LogP contribution in [0.1, 0.15) is 6.92 Å². The molecule has 2 rings (SSSR count). The first-order valence-corrected chi connectivity index (χ1v) is 5.25. The minimum atomic E-state index is -0.860. The largest absolute Gasteiger partial charge is 0.480 e. The number of anilines is 1. The predicted molar refractivity (Wildman–Crippen MR) is 65.0 cm³/mol. The standard InChI is InChI=1S/C12H13N3O2/c1-8(12(16)17)15(2)11-4-6-14-10-3-5-13-7-9(10)11/h3-8H,1-2H3,(H,16,17). The maximum Gasteiger partial charge on any atom is 0.326 e. The summed E-state index contributed by atoms with van der Waals surface area (Å²) < 4.78 is 0. The molecular formula is C12H13N3O2. The number of nitrogens with zero attached hydrogens (tertiary/aromatic N) is 3. The number of carbonyl (C=O) groups is 1. The fourth-order valence-corrected chi connectivity index (χ4v) is 1.66. The molecule has 1 unspecified atom stereocenters. The summed E-state index contributed by atoms with van der Waals surface area (Å²) in [5, 5.41) is 9.87. The average Bonchev–Trinajstić information content (AvgIpc) is 2.36. The Hall–Kier alpha value is -2.17. The Morgan fingerprint density at radius 1 is 1.41 bits per heavy atom. The van der Waals surface area contributed by atoms with E-state index in [-0.39, 0.29) is 0 Å². The van der Waals surface area contributed by atoms with Gasteiger partial charge in [-0.15, -0.1) is 0 Å². The Bertz CT molecular complexity index is 551. The molecule has 17 heavy (non-hydrogen) atoms. The SMILES string of the molecule is CC(C(=O)O)N(C)c1ccnc2ccncc12. The highest BCUT2D eigenvalue weighted by atomic mass is 16.4. The molecule has 5 nitrogen and oxygen atoms in total. The van der Waals surface area contributed by atoms with Gasteiger partial charge in [0.15, 0.2) is 0 Å². The van der Waals surface area contributed by atoms with Gasteiger partial charge in [-0.2, -0.15) is 0 Å². The van der Waals surface area contributed by atoms with Gasteiger partial charge >= 0.3 is 5.97 Å². The Kier molecular flexibility index (Phi) is 2.91. The minimum absolute atomic E-state index is 0.596. The molecule has 2 aromatic heterocycles. The molecule has 0 aliphatic carbocycles. The van der Waals surface area contributed by atoms with Crippen LogP contribution < -0.4 is 4.90 Å². The monoisotopic (exact) mass is 231 g/mol. The highest BCUT2D eigenvalue weighted by molar-refractivity contribution is 5.92. The number of aliphatic carboxylic acids is 1. The van der Waals surface area contributed by atoms with Crippen LogP contribution in [0.4, 0.5) is 5.69 Å². The number of fused-ring (bicyclic) bond motifs is 1. The number of carboxylic acid groups (broad SMARTS) is 1. The summed E-state index contributed by atoms with van der Waals surface area (Å²) in [6, 6.07) is 3.00. The Morgan fingerprint density at radius 3 is 2.88 bits per heavy atom. The van der Waals surface area contributed by atoms with E-state index in [4.69, 9.17) is 5.11 Å².